The number of Topliss-reactive ketones (excluding diaryl/α,β-unsaturated/α-hetero) is 1. The third-order valence-electron chi connectivity index (χ3n) is 2.22. The molecule has 3 nitrogen and oxygen atoms in total. The molecule has 0 saturated heterocycles. The Morgan fingerprint density at radius 1 is 1.21 bits per heavy atom. The van der Waals surface area contributed by atoms with Crippen molar-refractivity contribution in [1.29, 1.82) is 0 Å². The molecule has 0 heterocycles. The van der Waals surface area contributed by atoms with Crippen molar-refractivity contribution >= 4 is 11.8 Å². The number of esters is 1. The minimum Gasteiger partial charge on any atom is -0.463 e. The average molecular weight is 192 g/mol. The summed E-state index contributed by atoms with van der Waals surface area (Å²) in [5.74, 6) is -1.41. The zero-order valence-corrected chi connectivity index (χ0v) is 8.46. The fourth-order valence-corrected chi connectivity index (χ4v) is 1.20. The molecule has 0 aromatic heterocycles. The summed E-state index contributed by atoms with van der Waals surface area (Å²) in [6.45, 7) is 3.70. The number of methoxy groups -OCH3 is 1. The zero-order valence-electron chi connectivity index (χ0n) is 8.46. The monoisotopic (exact) mass is 192 g/mol. The van der Waals surface area contributed by atoms with E-state index in [1.807, 2.05) is 19.9 Å². The van der Waals surface area contributed by atoms with Crippen molar-refractivity contribution in [3.63, 3.8) is 0 Å². The molecule has 0 spiro atoms. The van der Waals surface area contributed by atoms with Crippen molar-refractivity contribution in [3.8, 4) is 0 Å². The molecule has 0 amide bonds. The lowest BCUT2D eigenvalue weighted by Crippen LogP contribution is -2.17. The van der Waals surface area contributed by atoms with Crippen LogP contribution in [0.2, 0.25) is 0 Å². The Morgan fingerprint density at radius 2 is 1.86 bits per heavy atom. The summed E-state index contributed by atoms with van der Waals surface area (Å²) < 4.78 is 4.37. The maximum Gasteiger partial charge on any atom is 0.379 e. The molecule has 14 heavy (non-hydrogen) atoms. The second-order valence-corrected chi connectivity index (χ2v) is 3.07. The Kier molecular flexibility index (Phi) is 3.02. The summed E-state index contributed by atoms with van der Waals surface area (Å²) in [4.78, 5) is 22.5. The molecule has 0 fully saturated rings. The Labute approximate surface area is 82.7 Å². The van der Waals surface area contributed by atoms with Crippen LogP contribution in [0.15, 0.2) is 18.2 Å². The Morgan fingerprint density at radius 3 is 2.43 bits per heavy atom. The second-order valence-electron chi connectivity index (χ2n) is 3.07. The van der Waals surface area contributed by atoms with E-state index in [0.717, 1.165) is 11.1 Å². The highest BCUT2D eigenvalue weighted by Gasteiger charge is 2.18. The van der Waals surface area contributed by atoms with Gasteiger partial charge in [-0.15, -0.1) is 0 Å². The van der Waals surface area contributed by atoms with Crippen molar-refractivity contribution in [2.45, 2.75) is 13.8 Å². The number of carbonyl (C=O) groups excluding carboxylic acids is 2. The molecule has 1 aromatic carbocycles. The van der Waals surface area contributed by atoms with Crippen molar-refractivity contribution in [3.05, 3.63) is 34.9 Å². The quantitative estimate of drug-likeness (QED) is 0.406. The normalized spacial score (nSPS) is 9.64. The van der Waals surface area contributed by atoms with Crippen molar-refractivity contribution < 1.29 is 14.3 Å². The third kappa shape index (κ3) is 1.82. The second kappa shape index (κ2) is 4.05. The highest BCUT2D eigenvalue weighted by Crippen LogP contribution is 2.13. The van der Waals surface area contributed by atoms with E-state index in [4.69, 9.17) is 0 Å². The largest absolute Gasteiger partial charge is 0.463 e. The van der Waals surface area contributed by atoms with E-state index in [1.54, 1.807) is 12.1 Å². The first-order valence-electron chi connectivity index (χ1n) is 4.26. The summed E-state index contributed by atoms with van der Waals surface area (Å²) >= 11 is 0. The van der Waals surface area contributed by atoms with Crippen molar-refractivity contribution in [2.24, 2.45) is 0 Å². The number of ether oxygens (including phenoxy) is 1. The fourth-order valence-electron chi connectivity index (χ4n) is 1.20. The lowest BCUT2D eigenvalue weighted by atomic mass is 10.0. The van der Waals surface area contributed by atoms with Gasteiger partial charge in [-0.1, -0.05) is 18.2 Å². The highest BCUT2D eigenvalue weighted by molar-refractivity contribution is 6.41. The molecule has 0 saturated carbocycles. The molecule has 0 aliphatic rings. The van der Waals surface area contributed by atoms with Crippen LogP contribution in [0.3, 0.4) is 0 Å². The Hall–Kier alpha value is -1.64. The van der Waals surface area contributed by atoms with Crippen molar-refractivity contribution in [1.82, 2.24) is 0 Å². The van der Waals surface area contributed by atoms with Crippen LogP contribution in [0.4, 0.5) is 0 Å². The zero-order chi connectivity index (χ0) is 10.7. The molecule has 74 valence electrons. The number of rotatable bonds is 2. The van der Waals surface area contributed by atoms with Crippen LogP contribution >= 0.6 is 0 Å². The van der Waals surface area contributed by atoms with Crippen molar-refractivity contribution in [2.75, 3.05) is 7.11 Å². The summed E-state index contributed by atoms with van der Waals surface area (Å²) in [5, 5.41) is 0. The molecular formula is C11H12O3. The minimum atomic E-state index is -0.821. The molecule has 1 rings (SSSR count). The number of benzene rings is 1. The van der Waals surface area contributed by atoms with Crippen LogP contribution in [-0.4, -0.2) is 18.9 Å². The topological polar surface area (TPSA) is 43.4 Å². The molecular weight excluding hydrogens is 180 g/mol. The van der Waals surface area contributed by atoms with Crippen LogP contribution in [0.5, 0.6) is 0 Å². The molecule has 1 aromatic rings. The lowest BCUT2D eigenvalue weighted by molar-refractivity contribution is -0.135. The van der Waals surface area contributed by atoms with E-state index in [0.29, 0.717) is 5.56 Å². The molecule has 0 radical (unpaired) electrons. The van der Waals surface area contributed by atoms with Gasteiger partial charge in [-0.3, -0.25) is 4.79 Å². The number of ketones is 1. The van der Waals surface area contributed by atoms with E-state index >= 15 is 0 Å². The Balaban J connectivity index is 3.14. The molecule has 0 atom stereocenters. The van der Waals surface area contributed by atoms with Gasteiger partial charge in [-0.25, -0.2) is 4.79 Å². The van der Waals surface area contributed by atoms with E-state index in [9.17, 15) is 9.59 Å². The van der Waals surface area contributed by atoms with E-state index in [1.165, 1.54) is 7.11 Å². The first kappa shape index (κ1) is 10.4. The van der Waals surface area contributed by atoms with E-state index < -0.39 is 11.8 Å². The fraction of sp³-hybridized carbons (Fsp3) is 0.273. The molecule has 0 aliphatic heterocycles. The van der Waals surface area contributed by atoms with Gasteiger partial charge in [0.15, 0.2) is 0 Å². The third-order valence-corrected chi connectivity index (χ3v) is 2.22. The smallest absolute Gasteiger partial charge is 0.379 e. The highest BCUT2D eigenvalue weighted by atomic mass is 16.5. The number of hydrogen-bond donors (Lipinski definition) is 0. The molecule has 0 N–H and O–H groups in total. The summed E-state index contributed by atoms with van der Waals surface area (Å²) in [6, 6.07) is 5.27. The van der Waals surface area contributed by atoms with Crippen LogP contribution in [0, 0.1) is 13.8 Å². The van der Waals surface area contributed by atoms with Crippen LogP contribution < -0.4 is 0 Å². The number of hydrogen-bond acceptors (Lipinski definition) is 3. The van der Waals surface area contributed by atoms with Gasteiger partial charge in [0.05, 0.1) is 7.11 Å². The van der Waals surface area contributed by atoms with Gasteiger partial charge in [0, 0.05) is 5.56 Å². The molecule has 0 aliphatic carbocycles. The maximum atomic E-state index is 11.5. The lowest BCUT2D eigenvalue weighted by Gasteiger charge is -2.05. The van der Waals surface area contributed by atoms with Gasteiger partial charge < -0.3 is 4.74 Å². The van der Waals surface area contributed by atoms with Gasteiger partial charge in [0.25, 0.3) is 5.78 Å². The minimum absolute atomic E-state index is 0.414. The van der Waals surface area contributed by atoms with E-state index in [2.05, 4.69) is 4.74 Å². The van der Waals surface area contributed by atoms with Gasteiger partial charge in [0.2, 0.25) is 0 Å². The number of carbonyl (C=O) groups is 2. The average Bonchev–Trinajstić information content (AvgIpc) is 2.20. The van der Waals surface area contributed by atoms with Gasteiger partial charge >= 0.3 is 5.97 Å². The first-order chi connectivity index (χ1) is 6.57. The predicted molar refractivity (Wildman–Crippen MR) is 52.3 cm³/mol. The molecule has 0 unspecified atom stereocenters. The number of aryl methyl sites for hydroxylation is 1. The standard InChI is InChI=1S/C11H12O3/c1-7-5-4-6-9(8(7)2)10(12)11(13)14-3/h4-6H,1-3H3. The summed E-state index contributed by atoms with van der Waals surface area (Å²) in [6.07, 6.45) is 0. The molecule has 3 heteroatoms. The Bertz CT molecular complexity index is 380. The van der Waals surface area contributed by atoms with Gasteiger partial charge in [-0.2, -0.15) is 0 Å². The van der Waals surface area contributed by atoms with Crippen LogP contribution in [-0.2, 0) is 9.53 Å². The summed E-state index contributed by atoms with van der Waals surface area (Å²) in [5.41, 5.74) is 2.22. The summed E-state index contributed by atoms with van der Waals surface area (Å²) in [7, 11) is 1.20. The molecule has 0 bridgehead atoms. The van der Waals surface area contributed by atoms with Gasteiger partial charge in [0.1, 0.15) is 0 Å². The first-order valence-corrected chi connectivity index (χ1v) is 4.26. The SMILES string of the molecule is COC(=O)C(=O)c1cccc(C)c1C. The maximum absolute atomic E-state index is 11.5. The van der Waals surface area contributed by atoms with Gasteiger partial charge in [-0.05, 0) is 25.0 Å². The van der Waals surface area contributed by atoms with E-state index in [-0.39, 0.29) is 0 Å². The predicted octanol–water partition coefficient (Wildman–Crippen LogP) is 1.66. The van der Waals surface area contributed by atoms with Crippen LogP contribution in [0.25, 0.3) is 0 Å². The van der Waals surface area contributed by atoms with Crippen LogP contribution in [0.1, 0.15) is 21.5 Å².